The maximum Gasteiger partial charge on any atom is 0.235 e. The van der Waals surface area contributed by atoms with E-state index in [1.807, 2.05) is 18.7 Å². The van der Waals surface area contributed by atoms with Gasteiger partial charge in [-0.2, -0.15) is 4.98 Å². The average molecular weight is 385 g/mol. The molecule has 146 valence electrons. The molecule has 9 heteroatoms. The molecular weight excluding hydrogens is 356 g/mol. The fraction of sp³-hybridized carbons (Fsp3) is 0.824. The minimum atomic E-state index is -3.28. The van der Waals surface area contributed by atoms with E-state index in [4.69, 9.17) is 4.52 Å². The van der Waals surface area contributed by atoms with Gasteiger partial charge in [0.25, 0.3) is 0 Å². The van der Waals surface area contributed by atoms with Gasteiger partial charge in [-0.05, 0) is 38.5 Å². The first kappa shape index (κ1) is 19.3. The number of rotatable bonds is 6. The molecule has 0 aromatic carbocycles. The van der Waals surface area contributed by atoms with Gasteiger partial charge >= 0.3 is 0 Å². The number of carbonyl (C=O) groups excluding carboxylic acids is 1. The molecule has 2 aliphatic rings. The molecule has 1 aromatic heterocycles. The third-order valence-corrected chi connectivity index (χ3v) is 6.94. The van der Waals surface area contributed by atoms with Crippen LogP contribution in [0, 0.1) is 18.8 Å². The van der Waals surface area contributed by atoms with E-state index in [0.717, 1.165) is 0 Å². The number of carbonyl (C=O) groups is 1. The molecule has 0 bridgehead atoms. The second kappa shape index (κ2) is 6.92. The van der Waals surface area contributed by atoms with Gasteiger partial charge in [0.15, 0.2) is 5.82 Å². The number of hydrogen-bond donors (Lipinski definition) is 1. The lowest BCUT2D eigenvalue weighted by Crippen LogP contribution is -2.40. The van der Waals surface area contributed by atoms with Crippen LogP contribution in [0.5, 0.6) is 0 Å². The number of amides is 1. The SMILES string of the molecule is CCS(=O)(=O)N[C@@H]1CC2CN(C(=O)CC(C)C)C[C@@]2(c2nc(C)no2)C1. The lowest BCUT2D eigenvalue weighted by atomic mass is 9.80. The van der Waals surface area contributed by atoms with Crippen LogP contribution in [-0.4, -0.2) is 54.2 Å². The zero-order chi connectivity index (χ0) is 19.1. The number of likely N-dealkylation sites (tertiary alicyclic amines) is 1. The van der Waals surface area contributed by atoms with E-state index in [1.165, 1.54) is 0 Å². The molecule has 1 saturated heterocycles. The summed E-state index contributed by atoms with van der Waals surface area (Å²) in [6, 6.07) is -0.167. The second-order valence-electron chi connectivity index (χ2n) is 8.03. The number of nitrogens with zero attached hydrogens (tertiary/aromatic N) is 3. The summed E-state index contributed by atoms with van der Waals surface area (Å²) < 4.78 is 32.3. The van der Waals surface area contributed by atoms with E-state index in [9.17, 15) is 13.2 Å². The first-order valence-electron chi connectivity index (χ1n) is 9.23. The molecule has 1 amide bonds. The maximum absolute atomic E-state index is 12.6. The standard InChI is InChI=1S/C17H28N4O4S/c1-5-26(23,24)20-14-7-13-9-21(15(22)6-11(2)3)10-17(13,8-14)16-18-12(4)19-25-16/h11,13-14,20H,5-10H2,1-4H3/t13?,14-,17+/m1/s1. The molecule has 1 aromatic rings. The summed E-state index contributed by atoms with van der Waals surface area (Å²) in [6.45, 7) is 8.57. The highest BCUT2D eigenvalue weighted by molar-refractivity contribution is 7.89. The second-order valence-corrected chi connectivity index (χ2v) is 10.1. The average Bonchev–Trinajstić information content (AvgIpc) is 3.18. The third-order valence-electron chi connectivity index (χ3n) is 5.49. The van der Waals surface area contributed by atoms with Crippen LogP contribution >= 0.6 is 0 Å². The smallest absolute Gasteiger partial charge is 0.235 e. The van der Waals surface area contributed by atoms with Crippen molar-refractivity contribution in [2.45, 2.75) is 58.4 Å². The molecule has 3 atom stereocenters. The van der Waals surface area contributed by atoms with Crippen LogP contribution in [0.4, 0.5) is 0 Å². The number of nitrogens with one attached hydrogen (secondary N) is 1. The Hall–Kier alpha value is -1.48. The third kappa shape index (κ3) is 3.64. The summed E-state index contributed by atoms with van der Waals surface area (Å²) in [6.07, 6.45) is 1.76. The summed E-state index contributed by atoms with van der Waals surface area (Å²) in [5, 5.41) is 3.92. The highest BCUT2D eigenvalue weighted by atomic mass is 32.2. The van der Waals surface area contributed by atoms with Gasteiger partial charge in [0.05, 0.1) is 11.2 Å². The van der Waals surface area contributed by atoms with Crippen LogP contribution in [0.1, 0.15) is 51.7 Å². The van der Waals surface area contributed by atoms with Gasteiger partial charge in [-0.1, -0.05) is 19.0 Å². The van der Waals surface area contributed by atoms with Crippen molar-refractivity contribution in [1.82, 2.24) is 19.8 Å². The summed E-state index contributed by atoms with van der Waals surface area (Å²) in [7, 11) is -3.28. The van der Waals surface area contributed by atoms with E-state index < -0.39 is 15.4 Å². The highest BCUT2D eigenvalue weighted by Gasteiger charge is 2.58. The lowest BCUT2D eigenvalue weighted by Gasteiger charge is -2.25. The van der Waals surface area contributed by atoms with E-state index in [2.05, 4.69) is 14.9 Å². The van der Waals surface area contributed by atoms with Gasteiger partial charge in [-0.3, -0.25) is 4.79 Å². The Bertz CT molecular complexity index is 775. The predicted molar refractivity (Wildman–Crippen MR) is 95.9 cm³/mol. The van der Waals surface area contributed by atoms with Gasteiger partial charge in [-0.25, -0.2) is 13.1 Å². The van der Waals surface area contributed by atoms with Gasteiger partial charge in [0.2, 0.25) is 21.8 Å². The molecule has 2 fully saturated rings. The quantitative estimate of drug-likeness (QED) is 0.791. The first-order chi connectivity index (χ1) is 12.1. The molecule has 1 saturated carbocycles. The zero-order valence-corrected chi connectivity index (χ0v) is 16.7. The van der Waals surface area contributed by atoms with Crippen molar-refractivity contribution in [1.29, 1.82) is 0 Å². The normalized spacial score (nSPS) is 28.7. The van der Waals surface area contributed by atoms with Crippen molar-refractivity contribution in [2.75, 3.05) is 18.8 Å². The summed E-state index contributed by atoms with van der Waals surface area (Å²) in [5.74, 6) is 1.68. The molecule has 0 spiro atoms. The maximum atomic E-state index is 12.6. The topological polar surface area (TPSA) is 105 Å². The molecule has 8 nitrogen and oxygen atoms in total. The zero-order valence-electron chi connectivity index (χ0n) is 15.9. The highest BCUT2D eigenvalue weighted by Crippen LogP contribution is 2.50. The fourth-order valence-corrected chi connectivity index (χ4v) is 5.15. The van der Waals surface area contributed by atoms with Gasteiger partial charge in [-0.15, -0.1) is 0 Å². The monoisotopic (exact) mass is 384 g/mol. The molecule has 26 heavy (non-hydrogen) atoms. The molecule has 0 radical (unpaired) electrons. The minimum Gasteiger partial charge on any atom is -0.341 e. The molecule has 1 unspecified atom stereocenters. The van der Waals surface area contributed by atoms with Gasteiger partial charge < -0.3 is 9.42 Å². The van der Waals surface area contributed by atoms with Crippen LogP contribution < -0.4 is 4.72 Å². The fourth-order valence-electron chi connectivity index (χ4n) is 4.30. The Kier molecular flexibility index (Phi) is 5.13. The Balaban J connectivity index is 1.85. The number of aromatic nitrogens is 2. The van der Waals surface area contributed by atoms with Gasteiger partial charge in [0.1, 0.15) is 0 Å². The van der Waals surface area contributed by atoms with Crippen LogP contribution in [-0.2, 0) is 20.2 Å². The van der Waals surface area contributed by atoms with Gasteiger partial charge in [0, 0.05) is 25.6 Å². The van der Waals surface area contributed by atoms with Crippen LogP contribution in [0.25, 0.3) is 0 Å². The van der Waals surface area contributed by atoms with E-state index >= 15 is 0 Å². The van der Waals surface area contributed by atoms with Crippen LogP contribution in [0.15, 0.2) is 4.52 Å². The molecule has 2 heterocycles. The summed E-state index contributed by atoms with van der Waals surface area (Å²) >= 11 is 0. The Morgan fingerprint density at radius 1 is 1.46 bits per heavy atom. The molecule has 1 N–H and O–H groups in total. The minimum absolute atomic E-state index is 0.0554. The summed E-state index contributed by atoms with van der Waals surface area (Å²) in [5.41, 5.74) is -0.463. The van der Waals surface area contributed by atoms with Crippen molar-refractivity contribution in [3.05, 3.63) is 11.7 Å². The first-order valence-corrected chi connectivity index (χ1v) is 10.9. The van der Waals surface area contributed by atoms with E-state index in [-0.39, 0.29) is 23.6 Å². The van der Waals surface area contributed by atoms with Crippen molar-refractivity contribution in [2.24, 2.45) is 11.8 Å². The number of aryl methyl sites for hydroxylation is 1. The van der Waals surface area contributed by atoms with Crippen molar-refractivity contribution >= 4 is 15.9 Å². The Morgan fingerprint density at radius 3 is 2.77 bits per heavy atom. The lowest BCUT2D eigenvalue weighted by molar-refractivity contribution is -0.131. The molecule has 3 rings (SSSR count). The molecule has 1 aliphatic heterocycles. The van der Waals surface area contributed by atoms with Crippen molar-refractivity contribution in [3.63, 3.8) is 0 Å². The summed E-state index contributed by atoms with van der Waals surface area (Å²) in [4.78, 5) is 18.9. The van der Waals surface area contributed by atoms with Crippen molar-refractivity contribution in [3.8, 4) is 0 Å². The Labute approximate surface area is 154 Å². The predicted octanol–water partition coefficient (Wildman–Crippen LogP) is 1.22. The van der Waals surface area contributed by atoms with E-state index in [0.29, 0.717) is 50.0 Å². The van der Waals surface area contributed by atoms with Crippen LogP contribution in [0.2, 0.25) is 0 Å². The van der Waals surface area contributed by atoms with Crippen LogP contribution in [0.3, 0.4) is 0 Å². The molecule has 1 aliphatic carbocycles. The number of hydrogen-bond acceptors (Lipinski definition) is 6. The number of sulfonamides is 1. The van der Waals surface area contributed by atoms with Crippen molar-refractivity contribution < 1.29 is 17.7 Å². The Morgan fingerprint density at radius 2 is 2.19 bits per heavy atom. The van der Waals surface area contributed by atoms with E-state index in [1.54, 1.807) is 13.8 Å². The number of fused-ring (bicyclic) bond motifs is 1. The molecular formula is C17H28N4O4S. The largest absolute Gasteiger partial charge is 0.341 e.